The maximum Gasteiger partial charge on any atom is 0.253 e. The van der Waals surface area contributed by atoms with Crippen LogP contribution in [0, 0.1) is 6.92 Å². The summed E-state index contributed by atoms with van der Waals surface area (Å²) in [5.74, 6) is -0.0216. The molecule has 0 spiro atoms. The molecule has 2 aliphatic heterocycles. The van der Waals surface area contributed by atoms with E-state index in [0.29, 0.717) is 9.92 Å². The molecule has 1 aliphatic carbocycles. The highest BCUT2D eigenvalue weighted by Gasteiger charge is 2.31. The first-order valence-corrected chi connectivity index (χ1v) is 25.8. The van der Waals surface area contributed by atoms with E-state index in [0.717, 1.165) is 139 Å². The highest BCUT2D eigenvalue weighted by Crippen LogP contribution is 2.41. The van der Waals surface area contributed by atoms with Crippen LogP contribution in [-0.4, -0.2) is 88.0 Å². The number of nitrogens with one attached hydrogen (secondary N) is 3. The predicted octanol–water partition coefficient (Wildman–Crippen LogP) is 10.3. The van der Waals surface area contributed by atoms with E-state index < -0.39 is 11.0 Å². The molecule has 6 aromatic rings. The number of carbonyl (C=O) groups excluding carboxylic acids is 1. The first-order chi connectivity index (χ1) is 32.1. The van der Waals surface area contributed by atoms with E-state index in [1.165, 1.54) is 4.90 Å². The minimum absolute atomic E-state index is 0.0216. The van der Waals surface area contributed by atoms with E-state index in [4.69, 9.17) is 24.2 Å². The second-order valence-corrected chi connectivity index (χ2v) is 21.0. The second-order valence-electron chi connectivity index (χ2n) is 17.5. The van der Waals surface area contributed by atoms with E-state index in [-0.39, 0.29) is 23.4 Å². The first-order valence-electron chi connectivity index (χ1n) is 22.9. The molecule has 3 fully saturated rings. The summed E-state index contributed by atoms with van der Waals surface area (Å²) in [5.41, 5.74) is 9.53. The van der Waals surface area contributed by atoms with Crippen LogP contribution in [0.3, 0.4) is 0 Å². The Labute approximate surface area is 406 Å². The molecule has 1 saturated carbocycles. The smallest absolute Gasteiger partial charge is 0.253 e. The Hall–Kier alpha value is -4.89. The highest BCUT2D eigenvalue weighted by molar-refractivity contribution is 8.00. The van der Waals surface area contributed by atoms with Gasteiger partial charge in [0.2, 0.25) is 0 Å². The number of carbonyl (C=O) groups is 1. The number of piperazine rings is 1. The van der Waals surface area contributed by atoms with Crippen molar-refractivity contribution in [3.8, 4) is 22.4 Å². The van der Waals surface area contributed by atoms with Crippen molar-refractivity contribution in [1.82, 2.24) is 14.8 Å². The number of likely N-dealkylation sites (tertiary alicyclic amines) is 1. The van der Waals surface area contributed by atoms with Gasteiger partial charge in [-0.1, -0.05) is 54.1 Å². The third-order valence-corrected chi connectivity index (χ3v) is 15.9. The molecule has 9 rings (SSSR count). The third kappa shape index (κ3) is 11.1. The van der Waals surface area contributed by atoms with Crippen molar-refractivity contribution in [3.05, 3.63) is 138 Å². The van der Waals surface area contributed by atoms with E-state index in [2.05, 4.69) is 95.3 Å². The molecular weight excluding hydrogens is 902 g/mol. The van der Waals surface area contributed by atoms with Gasteiger partial charge in [-0.2, -0.15) is 0 Å². The van der Waals surface area contributed by atoms with Gasteiger partial charge in [0.1, 0.15) is 11.0 Å². The Morgan fingerprint density at radius 1 is 0.818 bits per heavy atom. The summed E-state index contributed by atoms with van der Waals surface area (Å²) in [6.45, 7) is 8.17. The van der Waals surface area contributed by atoms with Crippen molar-refractivity contribution in [2.75, 3.05) is 65.7 Å². The molecule has 0 bridgehead atoms. The Kier molecular flexibility index (Phi) is 14.7. The first kappa shape index (κ1) is 46.2. The van der Waals surface area contributed by atoms with Crippen molar-refractivity contribution >= 4 is 75.6 Å². The fraction of sp³-hybridized carbons (Fsp3) is 0.327. The molecule has 5 aromatic carbocycles. The monoisotopic (exact) mass is 959 g/mol. The average molecular weight is 961 g/mol. The third-order valence-electron chi connectivity index (χ3n) is 13.0. The lowest BCUT2D eigenvalue weighted by molar-refractivity contribution is 0.0822. The topological polar surface area (TPSA) is 105 Å². The van der Waals surface area contributed by atoms with Crippen molar-refractivity contribution in [2.45, 2.75) is 71.2 Å². The van der Waals surface area contributed by atoms with Crippen LogP contribution >= 0.6 is 36.0 Å². The largest absolute Gasteiger partial charge is 0.393 e. The van der Waals surface area contributed by atoms with Crippen LogP contribution in [-0.2, 0) is 18.0 Å². The number of piperidine rings is 1. The molecule has 10 nitrogen and oxygen atoms in total. The lowest BCUT2D eigenvalue weighted by atomic mass is 9.95. The fourth-order valence-corrected chi connectivity index (χ4v) is 11.4. The summed E-state index contributed by atoms with van der Waals surface area (Å²) in [6, 6.07) is 41.0. The Morgan fingerprint density at radius 3 is 2.20 bits per heavy atom. The summed E-state index contributed by atoms with van der Waals surface area (Å²) in [7, 11) is 0.547. The van der Waals surface area contributed by atoms with E-state index in [1.807, 2.05) is 74.6 Å². The minimum Gasteiger partial charge on any atom is -0.393 e. The SMILES string of the molecule is Cc1c(C(=O)NC2CC2)c(-c2cccc(N3CCN(c4ccc(NS(=O)c5ccc(N[C@H](CCN6CCC(O)CC6)Sc6ccccc6)c(S)c5)cc4)CC3)c2)c(-c2ccc(Cl)cc2)n1C. The number of aliphatic hydroxyl groups excluding tert-OH is 1. The number of amides is 1. The van der Waals surface area contributed by atoms with Crippen LogP contribution in [0.4, 0.5) is 22.7 Å². The van der Waals surface area contributed by atoms with Crippen molar-refractivity contribution in [3.63, 3.8) is 0 Å². The molecule has 2 saturated heterocycles. The van der Waals surface area contributed by atoms with Crippen LogP contribution in [0.25, 0.3) is 22.4 Å². The zero-order chi connectivity index (χ0) is 45.7. The van der Waals surface area contributed by atoms with Gasteiger partial charge in [0.15, 0.2) is 0 Å². The number of thiol groups is 1. The zero-order valence-corrected chi connectivity index (χ0v) is 40.7. The molecule has 0 radical (unpaired) electrons. The molecule has 344 valence electrons. The van der Waals surface area contributed by atoms with Gasteiger partial charge < -0.3 is 39.7 Å². The number of anilines is 4. The number of rotatable bonds is 16. The Bertz CT molecular complexity index is 2650. The number of thioether (sulfide) groups is 1. The van der Waals surface area contributed by atoms with Gasteiger partial charge in [0.05, 0.1) is 27.6 Å². The van der Waals surface area contributed by atoms with Crippen LogP contribution < -0.4 is 25.2 Å². The highest BCUT2D eigenvalue weighted by atomic mass is 35.5. The van der Waals surface area contributed by atoms with Crippen molar-refractivity contribution < 1.29 is 14.1 Å². The molecule has 1 unspecified atom stereocenters. The molecule has 3 heterocycles. The summed E-state index contributed by atoms with van der Waals surface area (Å²) in [4.78, 5) is 23.6. The van der Waals surface area contributed by atoms with Crippen LogP contribution in [0.2, 0.25) is 5.02 Å². The van der Waals surface area contributed by atoms with Gasteiger partial charge in [0.25, 0.3) is 5.91 Å². The molecule has 1 amide bonds. The number of hydrogen-bond acceptors (Lipinski definition) is 9. The molecule has 4 N–H and O–H groups in total. The number of aliphatic hydroxyl groups is 1. The van der Waals surface area contributed by atoms with Gasteiger partial charge in [-0.15, -0.1) is 24.4 Å². The van der Waals surface area contributed by atoms with Crippen LogP contribution in [0.15, 0.2) is 136 Å². The van der Waals surface area contributed by atoms with E-state index in [9.17, 15) is 14.1 Å². The molecule has 14 heteroatoms. The van der Waals surface area contributed by atoms with Gasteiger partial charge in [-0.3, -0.25) is 4.79 Å². The van der Waals surface area contributed by atoms with Gasteiger partial charge in [-0.25, -0.2) is 4.21 Å². The van der Waals surface area contributed by atoms with Gasteiger partial charge >= 0.3 is 0 Å². The van der Waals surface area contributed by atoms with Crippen molar-refractivity contribution in [2.24, 2.45) is 7.05 Å². The lowest BCUT2D eigenvalue weighted by Gasteiger charge is -2.37. The van der Waals surface area contributed by atoms with Crippen LogP contribution in [0.1, 0.15) is 48.2 Å². The molecule has 1 aromatic heterocycles. The number of benzene rings is 5. The van der Waals surface area contributed by atoms with E-state index >= 15 is 0 Å². The zero-order valence-electron chi connectivity index (χ0n) is 37.5. The maximum atomic E-state index is 13.8. The Morgan fingerprint density at radius 2 is 1.52 bits per heavy atom. The number of aromatic nitrogens is 1. The lowest BCUT2D eigenvalue weighted by Crippen LogP contribution is -2.46. The standard InChI is InChI=1S/C52H58ClN7O3S3/c1-35-49(52(62)54-39-15-16-39)50(51(57(35)2)36-11-13-38(53)14-12-36)37-7-6-8-42(33-37)60-31-29-59(30-32-60)41-19-17-40(18-20-41)56-66(63)45-21-22-46(47(64)34-45)55-48(65-44-9-4-3-5-10-44)25-28-58-26-23-43(61)24-27-58/h3-14,17-22,33-34,39,43,48,55-56,61,64H,15-16,23-32H2,1-2H3,(H,54,62)/t48-,66?/m0/s1. The number of nitrogens with zero attached hydrogens (tertiary/aromatic N) is 4. The predicted molar refractivity (Wildman–Crippen MR) is 277 cm³/mol. The average Bonchev–Trinajstić information content (AvgIpc) is 4.12. The van der Waals surface area contributed by atoms with Gasteiger partial charge in [-0.05, 0) is 129 Å². The summed E-state index contributed by atoms with van der Waals surface area (Å²) in [6.07, 6.45) is 4.43. The molecule has 66 heavy (non-hydrogen) atoms. The molecule has 2 atom stereocenters. The molecular formula is C52H58ClN7O3S3. The van der Waals surface area contributed by atoms with Crippen molar-refractivity contribution in [1.29, 1.82) is 0 Å². The number of halogens is 1. The maximum absolute atomic E-state index is 13.8. The summed E-state index contributed by atoms with van der Waals surface area (Å²) >= 11 is 12.9. The van der Waals surface area contributed by atoms with Crippen LogP contribution in [0.5, 0.6) is 0 Å². The second kappa shape index (κ2) is 21.0. The summed E-state index contributed by atoms with van der Waals surface area (Å²) < 4.78 is 18.9. The number of hydrogen-bond donors (Lipinski definition) is 5. The van der Waals surface area contributed by atoms with E-state index in [1.54, 1.807) is 11.8 Å². The Balaban J connectivity index is 0.825. The minimum atomic E-state index is -1.49. The van der Waals surface area contributed by atoms with Gasteiger partial charge in [0, 0.05) is 108 Å². The molecule has 3 aliphatic rings. The summed E-state index contributed by atoms with van der Waals surface area (Å²) in [5, 5.41) is 17.7. The normalized spacial score (nSPS) is 16.8. The fourth-order valence-electron chi connectivity index (χ4n) is 8.97. The quantitative estimate of drug-likeness (QED) is 0.0371.